The van der Waals surface area contributed by atoms with Crippen molar-refractivity contribution >= 4 is 33.8 Å². The van der Waals surface area contributed by atoms with E-state index in [1.807, 2.05) is 60.8 Å². The van der Waals surface area contributed by atoms with Gasteiger partial charge in [-0.05, 0) is 24.3 Å². The van der Waals surface area contributed by atoms with Crippen molar-refractivity contribution in [2.24, 2.45) is 15.3 Å². The zero-order valence-electron chi connectivity index (χ0n) is 15.2. The van der Waals surface area contributed by atoms with Crippen LogP contribution in [0.3, 0.4) is 0 Å². The number of azo groups is 1. The fraction of sp³-hybridized carbons (Fsp3) is 0. The Morgan fingerprint density at radius 1 is 0.966 bits per heavy atom. The van der Waals surface area contributed by atoms with Gasteiger partial charge in [0.1, 0.15) is 0 Å². The number of amidine groups is 1. The monoisotopic (exact) mass is 384 g/mol. The number of nitro benzene ring substituents is 1. The third-order valence-corrected chi connectivity index (χ3v) is 4.19. The van der Waals surface area contributed by atoms with Crippen LogP contribution in [0.4, 0.5) is 17.1 Å². The van der Waals surface area contributed by atoms with Gasteiger partial charge < -0.3 is 4.98 Å². The Morgan fingerprint density at radius 3 is 2.59 bits per heavy atom. The van der Waals surface area contributed by atoms with Crippen molar-refractivity contribution in [3.63, 3.8) is 0 Å². The number of non-ortho nitro benzene ring substituents is 1. The van der Waals surface area contributed by atoms with Crippen molar-refractivity contribution in [3.8, 4) is 0 Å². The van der Waals surface area contributed by atoms with Crippen LogP contribution in [0.1, 0.15) is 5.56 Å². The van der Waals surface area contributed by atoms with Gasteiger partial charge in [0, 0.05) is 34.8 Å². The van der Waals surface area contributed by atoms with Crippen LogP contribution in [-0.4, -0.2) is 15.7 Å². The number of nitrogens with one attached hydrogen (secondary N) is 2. The third-order valence-electron chi connectivity index (χ3n) is 4.19. The average molecular weight is 384 g/mol. The first-order chi connectivity index (χ1) is 14.2. The van der Waals surface area contributed by atoms with Crippen molar-refractivity contribution in [2.75, 3.05) is 5.43 Å². The second-order valence-electron chi connectivity index (χ2n) is 6.14. The molecule has 0 unspecified atom stereocenters. The molecule has 0 atom stereocenters. The van der Waals surface area contributed by atoms with Crippen molar-refractivity contribution in [1.29, 1.82) is 0 Å². The van der Waals surface area contributed by atoms with Gasteiger partial charge in [-0.2, -0.15) is 5.10 Å². The van der Waals surface area contributed by atoms with E-state index in [0.717, 1.165) is 16.5 Å². The molecule has 1 heterocycles. The van der Waals surface area contributed by atoms with Gasteiger partial charge >= 0.3 is 0 Å². The maximum Gasteiger partial charge on any atom is 0.271 e. The minimum atomic E-state index is -0.454. The fourth-order valence-corrected chi connectivity index (χ4v) is 2.80. The Hall–Kier alpha value is -4.33. The summed E-state index contributed by atoms with van der Waals surface area (Å²) in [4.78, 5) is 13.7. The Bertz CT molecular complexity index is 1210. The predicted octanol–water partition coefficient (Wildman–Crippen LogP) is 5.63. The van der Waals surface area contributed by atoms with Crippen LogP contribution in [0.15, 0.2) is 100 Å². The van der Waals surface area contributed by atoms with E-state index in [-0.39, 0.29) is 5.69 Å². The molecule has 8 heteroatoms. The first-order valence-corrected chi connectivity index (χ1v) is 8.82. The number of para-hydroxylation sites is 1. The number of fused-ring (bicyclic) bond motifs is 1. The summed E-state index contributed by atoms with van der Waals surface area (Å²) in [5.41, 5.74) is 5.70. The number of anilines is 1. The van der Waals surface area contributed by atoms with Crippen molar-refractivity contribution in [2.45, 2.75) is 0 Å². The molecule has 2 N–H and O–H groups in total. The van der Waals surface area contributed by atoms with Crippen LogP contribution in [0.2, 0.25) is 0 Å². The minimum Gasteiger partial charge on any atom is -0.360 e. The maximum absolute atomic E-state index is 11.0. The minimum absolute atomic E-state index is 0.0234. The Balaban J connectivity index is 1.71. The quantitative estimate of drug-likeness (QED) is 0.153. The molecule has 29 heavy (non-hydrogen) atoms. The van der Waals surface area contributed by atoms with Gasteiger partial charge in [0.15, 0.2) is 0 Å². The van der Waals surface area contributed by atoms with Crippen LogP contribution in [0.5, 0.6) is 0 Å². The lowest BCUT2D eigenvalue weighted by Gasteiger charge is -2.03. The van der Waals surface area contributed by atoms with Crippen LogP contribution in [-0.2, 0) is 0 Å². The number of H-pyrrole nitrogens is 1. The standard InChI is InChI=1S/C21H16N6O2/c28-27(29)17-10-6-9-16(13-17)24-26-21(25-23-15-7-2-1-3-8-15)19-14-22-20-12-5-4-11-18(19)20/h1-14,22,24H. The molecule has 142 valence electrons. The molecule has 0 saturated carbocycles. The number of nitrogens with zero attached hydrogens (tertiary/aromatic N) is 4. The molecular weight excluding hydrogens is 368 g/mol. The molecular formula is C21H16N6O2. The highest BCUT2D eigenvalue weighted by Crippen LogP contribution is 2.22. The second kappa shape index (κ2) is 8.13. The van der Waals surface area contributed by atoms with E-state index >= 15 is 0 Å². The molecule has 0 fully saturated rings. The number of hydrogen-bond acceptors (Lipinski definition) is 5. The highest BCUT2D eigenvalue weighted by molar-refractivity contribution is 6.10. The molecule has 0 bridgehead atoms. The second-order valence-corrected chi connectivity index (χ2v) is 6.14. The van der Waals surface area contributed by atoms with Gasteiger partial charge in [-0.25, -0.2) is 0 Å². The normalized spacial score (nSPS) is 11.8. The Morgan fingerprint density at radius 2 is 1.76 bits per heavy atom. The topological polar surface area (TPSA) is 108 Å². The molecule has 0 amide bonds. The summed E-state index contributed by atoms with van der Waals surface area (Å²) < 4.78 is 0. The molecule has 0 aliphatic carbocycles. The number of hydrazone groups is 1. The van der Waals surface area contributed by atoms with Crippen molar-refractivity contribution in [1.82, 2.24) is 4.98 Å². The summed E-state index contributed by atoms with van der Waals surface area (Å²) in [5, 5.41) is 24.9. The van der Waals surface area contributed by atoms with E-state index in [2.05, 4.69) is 25.7 Å². The first kappa shape index (κ1) is 18.1. The molecule has 4 rings (SSSR count). The van der Waals surface area contributed by atoms with E-state index in [1.54, 1.807) is 12.1 Å². The first-order valence-electron chi connectivity index (χ1n) is 8.82. The average Bonchev–Trinajstić information content (AvgIpc) is 3.19. The van der Waals surface area contributed by atoms with Gasteiger partial charge in [0.2, 0.25) is 5.84 Å². The Labute approximate surface area is 165 Å². The number of benzene rings is 3. The van der Waals surface area contributed by atoms with Gasteiger partial charge in [0.05, 0.1) is 16.3 Å². The molecule has 0 saturated heterocycles. The number of aromatic nitrogens is 1. The fourth-order valence-electron chi connectivity index (χ4n) is 2.80. The summed E-state index contributed by atoms with van der Waals surface area (Å²) in [6, 6.07) is 23.2. The van der Waals surface area contributed by atoms with Crippen LogP contribution >= 0.6 is 0 Å². The van der Waals surface area contributed by atoms with Crippen LogP contribution in [0.25, 0.3) is 10.9 Å². The number of rotatable bonds is 5. The Kier molecular flexibility index (Phi) is 5.06. The SMILES string of the molecule is O=[N+]([O-])c1cccc(NN=C(N=Nc2ccccc2)c2c[nH]c3ccccc23)c1. The lowest BCUT2D eigenvalue weighted by molar-refractivity contribution is -0.384. The van der Waals surface area contributed by atoms with E-state index < -0.39 is 4.92 Å². The smallest absolute Gasteiger partial charge is 0.271 e. The molecule has 8 nitrogen and oxygen atoms in total. The summed E-state index contributed by atoms with van der Waals surface area (Å²) in [6.45, 7) is 0. The van der Waals surface area contributed by atoms with E-state index in [9.17, 15) is 10.1 Å². The zero-order chi connectivity index (χ0) is 20.1. The van der Waals surface area contributed by atoms with Crippen molar-refractivity contribution in [3.05, 3.63) is 101 Å². The highest BCUT2D eigenvalue weighted by Gasteiger charge is 2.11. The van der Waals surface area contributed by atoms with Crippen LogP contribution < -0.4 is 5.43 Å². The molecule has 3 aromatic carbocycles. The third kappa shape index (κ3) is 4.16. The zero-order valence-corrected chi connectivity index (χ0v) is 15.2. The predicted molar refractivity (Wildman–Crippen MR) is 113 cm³/mol. The lowest BCUT2D eigenvalue weighted by Crippen LogP contribution is -2.01. The van der Waals surface area contributed by atoms with Gasteiger partial charge in [0.25, 0.3) is 5.69 Å². The van der Waals surface area contributed by atoms with E-state index in [1.165, 1.54) is 12.1 Å². The molecule has 0 aliphatic rings. The number of aromatic amines is 1. The summed E-state index contributed by atoms with van der Waals surface area (Å²) in [5.74, 6) is 0.345. The van der Waals surface area contributed by atoms with E-state index in [0.29, 0.717) is 17.2 Å². The van der Waals surface area contributed by atoms with Crippen molar-refractivity contribution < 1.29 is 4.92 Å². The molecule has 0 aliphatic heterocycles. The van der Waals surface area contributed by atoms with Crippen LogP contribution in [0, 0.1) is 10.1 Å². The molecule has 4 aromatic rings. The van der Waals surface area contributed by atoms with Gasteiger partial charge in [-0.15, -0.1) is 10.2 Å². The van der Waals surface area contributed by atoms with E-state index in [4.69, 9.17) is 0 Å². The van der Waals surface area contributed by atoms with Gasteiger partial charge in [-0.1, -0.05) is 42.5 Å². The number of hydrogen-bond donors (Lipinski definition) is 2. The van der Waals surface area contributed by atoms with Gasteiger partial charge in [-0.3, -0.25) is 15.5 Å². The number of nitro groups is 1. The molecule has 1 aromatic heterocycles. The maximum atomic E-state index is 11.0. The largest absolute Gasteiger partial charge is 0.360 e. The lowest BCUT2D eigenvalue weighted by atomic mass is 10.1. The highest BCUT2D eigenvalue weighted by atomic mass is 16.6. The molecule has 0 spiro atoms. The summed E-state index contributed by atoms with van der Waals surface area (Å²) in [6.07, 6.45) is 1.81. The molecule has 0 radical (unpaired) electrons. The summed E-state index contributed by atoms with van der Waals surface area (Å²) in [7, 11) is 0. The summed E-state index contributed by atoms with van der Waals surface area (Å²) >= 11 is 0.